The van der Waals surface area contributed by atoms with E-state index >= 15 is 0 Å². The maximum atomic E-state index is 9.73. The largest absolute Gasteiger partial charge is 0.503 e. The fourth-order valence-corrected chi connectivity index (χ4v) is 2.27. The van der Waals surface area contributed by atoms with Crippen molar-refractivity contribution in [3.63, 3.8) is 0 Å². The standard InChI is InChI=1S/C16H18ClNO2/c1-11-4-6-13(7-5-11)18(2)10-12-8-14(17)16(19)15(9-12)20-3/h4-9,19H,10H2,1-3H3. The van der Waals surface area contributed by atoms with Crippen LogP contribution in [-0.2, 0) is 6.54 Å². The molecule has 0 heterocycles. The SMILES string of the molecule is COc1cc(CN(C)c2ccc(C)cc2)cc(Cl)c1O. The van der Waals surface area contributed by atoms with Gasteiger partial charge in [-0.05, 0) is 36.8 Å². The summed E-state index contributed by atoms with van der Waals surface area (Å²) >= 11 is 6.00. The van der Waals surface area contributed by atoms with Crippen molar-refractivity contribution in [3.8, 4) is 11.5 Å². The van der Waals surface area contributed by atoms with Crippen LogP contribution < -0.4 is 9.64 Å². The van der Waals surface area contributed by atoms with E-state index in [0.29, 0.717) is 17.3 Å². The van der Waals surface area contributed by atoms with Gasteiger partial charge in [0.2, 0.25) is 0 Å². The number of anilines is 1. The highest BCUT2D eigenvalue weighted by atomic mass is 35.5. The van der Waals surface area contributed by atoms with E-state index in [1.54, 1.807) is 12.1 Å². The Morgan fingerprint density at radius 1 is 1.20 bits per heavy atom. The lowest BCUT2D eigenvalue weighted by atomic mass is 10.1. The van der Waals surface area contributed by atoms with E-state index < -0.39 is 0 Å². The summed E-state index contributed by atoms with van der Waals surface area (Å²) in [5, 5.41) is 10.0. The van der Waals surface area contributed by atoms with Crippen LogP contribution in [-0.4, -0.2) is 19.3 Å². The highest BCUT2D eigenvalue weighted by Gasteiger charge is 2.10. The molecule has 0 aliphatic rings. The molecule has 0 amide bonds. The molecule has 0 radical (unpaired) electrons. The molecule has 3 nitrogen and oxygen atoms in total. The van der Waals surface area contributed by atoms with E-state index in [0.717, 1.165) is 11.3 Å². The molecule has 0 bridgehead atoms. The van der Waals surface area contributed by atoms with Crippen molar-refractivity contribution in [2.24, 2.45) is 0 Å². The maximum absolute atomic E-state index is 9.73. The molecular formula is C16H18ClNO2. The van der Waals surface area contributed by atoms with Gasteiger partial charge in [0.15, 0.2) is 11.5 Å². The zero-order valence-corrected chi connectivity index (χ0v) is 12.6. The summed E-state index contributed by atoms with van der Waals surface area (Å²) in [6, 6.07) is 11.9. The lowest BCUT2D eigenvalue weighted by Gasteiger charge is -2.20. The van der Waals surface area contributed by atoms with Gasteiger partial charge in [-0.2, -0.15) is 0 Å². The second-order valence-corrected chi connectivity index (χ2v) is 5.23. The van der Waals surface area contributed by atoms with Gasteiger partial charge in [0.25, 0.3) is 0 Å². The molecule has 0 unspecified atom stereocenters. The fraction of sp³-hybridized carbons (Fsp3) is 0.250. The first-order chi connectivity index (χ1) is 9.51. The van der Waals surface area contributed by atoms with Gasteiger partial charge in [0.1, 0.15) is 0 Å². The molecule has 0 saturated carbocycles. The quantitative estimate of drug-likeness (QED) is 0.924. The molecule has 0 fully saturated rings. The van der Waals surface area contributed by atoms with Gasteiger partial charge in [-0.1, -0.05) is 29.3 Å². The molecule has 2 rings (SSSR count). The lowest BCUT2D eigenvalue weighted by Crippen LogP contribution is -2.16. The highest BCUT2D eigenvalue weighted by Crippen LogP contribution is 2.35. The minimum atomic E-state index is -0.0177. The van der Waals surface area contributed by atoms with Crippen LogP contribution in [0, 0.1) is 6.92 Å². The van der Waals surface area contributed by atoms with Gasteiger partial charge in [-0.3, -0.25) is 0 Å². The molecule has 0 saturated heterocycles. The topological polar surface area (TPSA) is 32.7 Å². The smallest absolute Gasteiger partial charge is 0.176 e. The minimum Gasteiger partial charge on any atom is -0.503 e. The summed E-state index contributed by atoms with van der Waals surface area (Å²) in [7, 11) is 3.52. The maximum Gasteiger partial charge on any atom is 0.176 e. The van der Waals surface area contributed by atoms with Crippen molar-refractivity contribution >= 4 is 17.3 Å². The first kappa shape index (κ1) is 14.5. The molecule has 4 heteroatoms. The van der Waals surface area contributed by atoms with Crippen LogP contribution in [0.2, 0.25) is 5.02 Å². The van der Waals surface area contributed by atoms with Crippen molar-refractivity contribution in [2.45, 2.75) is 13.5 Å². The number of benzene rings is 2. The summed E-state index contributed by atoms with van der Waals surface area (Å²) in [5.41, 5.74) is 3.34. The van der Waals surface area contributed by atoms with Gasteiger partial charge >= 0.3 is 0 Å². The van der Waals surface area contributed by atoms with E-state index in [1.165, 1.54) is 12.7 Å². The van der Waals surface area contributed by atoms with Crippen molar-refractivity contribution in [2.75, 3.05) is 19.1 Å². The number of rotatable bonds is 4. The van der Waals surface area contributed by atoms with E-state index in [2.05, 4.69) is 36.1 Å². The summed E-state index contributed by atoms with van der Waals surface area (Å²) < 4.78 is 5.12. The Balaban J connectivity index is 2.21. The number of phenolic OH excluding ortho intramolecular Hbond substituents is 1. The van der Waals surface area contributed by atoms with Crippen molar-refractivity contribution in [1.29, 1.82) is 0 Å². The number of halogens is 1. The molecule has 20 heavy (non-hydrogen) atoms. The summed E-state index contributed by atoms with van der Waals surface area (Å²) in [6.07, 6.45) is 0. The Hall–Kier alpha value is -1.87. The predicted octanol–water partition coefficient (Wildman–Crippen LogP) is 4.00. The number of aromatic hydroxyl groups is 1. The fourth-order valence-electron chi connectivity index (χ4n) is 2.04. The lowest BCUT2D eigenvalue weighted by molar-refractivity contribution is 0.373. The highest BCUT2D eigenvalue weighted by molar-refractivity contribution is 6.32. The monoisotopic (exact) mass is 291 g/mol. The van der Waals surface area contributed by atoms with Crippen LogP contribution >= 0.6 is 11.6 Å². The number of aryl methyl sites for hydroxylation is 1. The third kappa shape index (κ3) is 3.17. The molecular weight excluding hydrogens is 274 g/mol. The number of ether oxygens (including phenoxy) is 1. The van der Waals surface area contributed by atoms with Crippen LogP contribution in [0.15, 0.2) is 36.4 Å². The van der Waals surface area contributed by atoms with Crippen LogP contribution in [0.3, 0.4) is 0 Å². The van der Waals surface area contributed by atoms with Gasteiger partial charge in [0.05, 0.1) is 12.1 Å². The van der Waals surface area contributed by atoms with Gasteiger partial charge < -0.3 is 14.7 Å². The normalized spacial score (nSPS) is 10.4. The molecule has 0 atom stereocenters. The van der Waals surface area contributed by atoms with Crippen LogP contribution in [0.25, 0.3) is 0 Å². The third-order valence-corrected chi connectivity index (χ3v) is 3.49. The Morgan fingerprint density at radius 2 is 1.85 bits per heavy atom. The first-order valence-corrected chi connectivity index (χ1v) is 6.72. The number of hydrogen-bond donors (Lipinski definition) is 1. The average Bonchev–Trinajstić information content (AvgIpc) is 2.43. The second kappa shape index (κ2) is 6.06. The van der Waals surface area contributed by atoms with E-state index in [-0.39, 0.29) is 5.75 Å². The molecule has 0 spiro atoms. The number of methoxy groups -OCH3 is 1. The Morgan fingerprint density at radius 3 is 2.45 bits per heavy atom. The number of phenols is 1. The molecule has 1 N–H and O–H groups in total. The molecule has 0 aliphatic heterocycles. The zero-order valence-electron chi connectivity index (χ0n) is 11.9. The van der Waals surface area contributed by atoms with E-state index in [4.69, 9.17) is 16.3 Å². The molecule has 2 aromatic rings. The molecule has 106 valence electrons. The summed E-state index contributed by atoms with van der Waals surface area (Å²) in [5.74, 6) is 0.376. The average molecular weight is 292 g/mol. The molecule has 0 aliphatic carbocycles. The van der Waals surface area contributed by atoms with Crippen molar-refractivity contribution in [3.05, 3.63) is 52.5 Å². The Kier molecular flexibility index (Phi) is 4.40. The van der Waals surface area contributed by atoms with Crippen LogP contribution in [0.5, 0.6) is 11.5 Å². The molecule has 2 aromatic carbocycles. The van der Waals surface area contributed by atoms with Crippen molar-refractivity contribution < 1.29 is 9.84 Å². The van der Waals surface area contributed by atoms with Crippen LogP contribution in [0.1, 0.15) is 11.1 Å². The summed E-state index contributed by atoms with van der Waals surface area (Å²) in [6.45, 7) is 2.74. The second-order valence-electron chi connectivity index (χ2n) is 4.82. The van der Waals surface area contributed by atoms with E-state index in [9.17, 15) is 5.11 Å². The third-order valence-electron chi connectivity index (χ3n) is 3.20. The predicted molar refractivity (Wildman–Crippen MR) is 83.0 cm³/mol. The number of hydrogen-bond acceptors (Lipinski definition) is 3. The minimum absolute atomic E-state index is 0.0177. The van der Waals surface area contributed by atoms with Crippen molar-refractivity contribution in [1.82, 2.24) is 0 Å². The molecule has 0 aromatic heterocycles. The van der Waals surface area contributed by atoms with Crippen LogP contribution in [0.4, 0.5) is 5.69 Å². The van der Waals surface area contributed by atoms with Gasteiger partial charge in [-0.15, -0.1) is 0 Å². The number of nitrogens with zero attached hydrogens (tertiary/aromatic N) is 1. The summed E-state index contributed by atoms with van der Waals surface area (Å²) in [4.78, 5) is 2.11. The Bertz CT molecular complexity index is 596. The zero-order chi connectivity index (χ0) is 14.7. The Labute approximate surface area is 124 Å². The van der Waals surface area contributed by atoms with E-state index in [1.807, 2.05) is 7.05 Å². The van der Waals surface area contributed by atoms with Gasteiger partial charge in [0, 0.05) is 19.3 Å². The first-order valence-electron chi connectivity index (χ1n) is 6.34. The van der Waals surface area contributed by atoms with Gasteiger partial charge in [-0.25, -0.2) is 0 Å².